The van der Waals surface area contributed by atoms with Gasteiger partial charge in [0.2, 0.25) is 0 Å². The van der Waals surface area contributed by atoms with Gasteiger partial charge >= 0.3 is 0 Å². The zero-order valence-corrected chi connectivity index (χ0v) is 10.2. The molecule has 2 N–H and O–H groups in total. The SMILES string of the molecule is NC1(Cc2ccc(F)c(Cl)c2)CC2CCC1O2. The lowest BCUT2D eigenvalue weighted by Crippen LogP contribution is -2.50. The second kappa shape index (κ2) is 3.94. The predicted octanol–water partition coefficient (Wildman–Crippen LogP) is 2.67. The van der Waals surface area contributed by atoms with E-state index in [9.17, 15) is 4.39 Å². The van der Waals surface area contributed by atoms with E-state index in [1.54, 1.807) is 12.1 Å². The van der Waals surface area contributed by atoms with E-state index < -0.39 is 0 Å². The fourth-order valence-corrected chi connectivity index (χ4v) is 3.25. The third-order valence-corrected chi connectivity index (χ3v) is 4.16. The highest BCUT2D eigenvalue weighted by atomic mass is 35.5. The molecule has 1 aromatic rings. The highest BCUT2D eigenvalue weighted by Crippen LogP contribution is 2.42. The lowest BCUT2D eigenvalue weighted by Gasteiger charge is -2.31. The Morgan fingerprint density at radius 2 is 2.29 bits per heavy atom. The zero-order valence-electron chi connectivity index (χ0n) is 9.46. The van der Waals surface area contributed by atoms with Gasteiger partial charge in [0.25, 0.3) is 0 Å². The molecule has 0 amide bonds. The summed E-state index contributed by atoms with van der Waals surface area (Å²) in [5.41, 5.74) is 7.08. The van der Waals surface area contributed by atoms with Crippen molar-refractivity contribution in [3.63, 3.8) is 0 Å². The van der Waals surface area contributed by atoms with Crippen LogP contribution in [0.2, 0.25) is 5.02 Å². The molecule has 2 bridgehead atoms. The van der Waals surface area contributed by atoms with Gasteiger partial charge in [0.15, 0.2) is 0 Å². The van der Waals surface area contributed by atoms with Crippen molar-refractivity contribution >= 4 is 11.6 Å². The normalized spacial score (nSPS) is 35.5. The van der Waals surface area contributed by atoms with Gasteiger partial charge in [-0.3, -0.25) is 0 Å². The van der Waals surface area contributed by atoms with Gasteiger partial charge in [0.1, 0.15) is 5.82 Å². The molecule has 2 aliphatic heterocycles. The van der Waals surface area contributed by atoms with Crippen LogP contribution in [0.4, 0.5) is 4.39 Å². The molecule has 2 fully saturated rings. The maximum Gasteiger partial charge on any atom is 0.141 e. The van der Waals surface area contributed by atoms with Crippen LogP contribution in [0.15, 0.2) is 18.2 Å². The maximum absolute atomic E-state index is 13.1. The van der Waals surface area contributed by atoms with Crippen molar-refractivity contribution in [1.29, 1.82) is 0 Å². The van der Waals surface area contributed by atoms with E-state index in [2.05, 4.69) is 0 Å². The van der Waals surface area contributed by atoms with Crippen LogP contribution in [0.5, 0.6) is 0 Å². The summed E-state index contributed by atoms with van der Waals surface area (Å²) in [6, 6.07) is 4.81. The topological polar surface area (TPSA) is 35.2 Å². The second-order valence-electron chi connectivity index (χ2n) is 5.19. The number of hydrogen-bond acceptors (Lipinski definition) is 2. The minimum Gasteiger partial charge on any atom is -0.373 e. The Bertz CT molecular complexity index is 453. The summed E-state index contributed by atoms with van der Waals surface area (Å²) in [7, 11) is 0. The molecule has 17 heavy (non-hydrogen) atoms. The van der Waals surface area contributed by atoms with Gasteiger partial charge in [-0.2, -0.15) is 0 Å². The van der Waals surface area contributed by atoms with Crippen molar-refractivity contribution in [2.45, 2.75) is 43.4 Å². The van der Waals surface area contributed by atoms with Crippen LogP contribution >= 0.6 is 11.6 Å². The van der Waals surface area contributed by atoms with Crippen LogP contribution in [0.3, 0.4) is 0 Å². The summed E-state index contributed by atoms with van der Waals surface area (Å²) >= 11 is 5.78. The van der Waals surface area contributed by atoms with Crippen molar-refractivity contribution in [3.05, 3.63) is 34.6 Å². The van der Waals surface area contributed by atoms with Crippen LogP contribution < -0.4 is 5.73 Å². The standard InChI is InChI=1S/C13H15ClFNO/c14-10-5-8(1-3-11(10)15)6-13(16)7-9-2-4-12(13)17-9/h1,3,5,9,12H,2,4,6-7,16H2. The van der Waals surface area contributed by atoms with E-state index in [1.807, 2.05) is 0 Å². The summed E-state index contributed by atoms with van der Waals surface area (Å²) in [6.45, 7) is 0. The molecule has 3 rings (SSSR count). The lowest BCUT2D eigenvalue weighted by molar-refractivity contribution is 0.0856. The van der Waals surface area contributed by atoms with Gasteiger partial charge < -0.3 is 10.5 Å². The van der Waals surface area contributed by atoms with Crippen LogP contribution in [0, 0.1) is 5.82 Å². The molecule has 3 unspecified atom stereocenters. The van der Waals surface area contributed by atoms with E-state index in [4.69, 9.17) is 22.1 Å². The zero-order chi connectivity index (χ0) is 12.0. The predicted molar refractivity (Wildman–Crippen MR) is 64.5 cm³/mol. The van der Waals surface area contributed by atoms with Crippen LogP contribution in [0.1, 0.15) is 24.8 Å². The molecule has 0 saturated carbocycles. The average Bonchev–Trinajstić information content (AvgIpc) is 2.83. The molecule has 0 aromatic heterocycles. The average molecular weight is 256 g/mol. The fourth-order valence-electron chi connectivity index (χ4n) is 3.05. The fraction of sp³-hybridized carbons (Fsp3) is 0.538. The molecular formula is C13H15ClFNO. The van der Waals surface area contributed by atoms with E-state index in [-0.39, 0.29) is 22.5 Å². The molecule has 0 radical (unpaired) electrons. The van der Waals surface area contributed by atoms with Gasteiger partial charge in [0, 0.05) is 5.54 Å². The molecule has 4 heteroatoms. The molecule has 1 aromatic carbocycles. The maximum atomic E-state index is 13.1. The van der Waals surface area contributed by atoms with E-state index in [0.29, 0.717) is 12.5 Å². The van der Waals surface area contributed by atoms with Gasteiger partial charge in [-0.25, -0.2) is 4.39 Å². The summed E-state index contributed by atoms with van der Waals surface area (Å²) in [5, 5.41) is 0.162. The monoisotopic (exact) mass is 255 g/mol. The van der Waals surface area contributed by atoms with E-state index in [1.165, 1.54) is 6.07 Å². The van der Waals surface area contributed by atoms with Crippen molar-refractivity contribution in [2.75, 3.05) is 0 Å². The van der Waals surface area contributed by atoms with E-state index >= 15 is 0 Å². The Kier molecular flexibility index (Phi) is 2.65. The first-order valence-electron chi connectivity index (χ1n) is 5.95. The van der Waals surface area contributed by atoms with Crippen LogP contribution in [-0.4, -0.2) is 17.7 Å². The number of fused-ring (bicyclic) bond motifs is 2. The molecule has 92 valence electrons. The minimum atomic E-state index is -0.384. The van der Waals surface area contributed by atoms with Gasteiger partial charge in [-0.05, 0) is 43.4 Å². The number of benzene rings is 1. The summed E-state index contributed by atoms with van der Waals surface area (Å²) in [4.78, 5) is 0. The van der Waals surface area contributed by atoms with Gasteiger partial charge in [0.05, 0.1) is 17.2 Å². The molecular weight excluding hydrogens is 241 g/mol. The Hall–Kier alpha value is -0.640. The molecule has 2 saturated heterocycles. The Morgan fingerprint density at radius 3 is 2.88 bits per heavy atom. The van der Waals surface area contributed by atoms with Gasteiger partial charge in [-0.15, -0.1) is 0 Å². The van der Waals surface area contributed by atoms with Crippen molar-refractivity contribution < 1.29 is 9.13 Å². The Balaban J connectivity index is 1.80. The molecule has 2 heterocycles. The lowest BCUT2D eigenvalue weighted by atomic mass is 9.78. The first kappa shape index (κ1) is 11.5. The second-order valence-corrected chi connectivity index (χ2v) is 5.59. The molecule has 0 spiro atoms. The summed E-state index contributed by atoms with van der Waals surface area (Å²) in [6.07, 6.45) is 4.22. The number of halogens is 2. The Labute approximate surface area is 105 Å². The summed E-state index contributed by atoms with van der Waals surface area (Å²) < 4.78 is 18.9. The molecule has 2 nitrogen and oxygen atoms in total. The van der Waals surface area contributed by atoms with Crippen LogP contribution in [-0.2, 0) is 11.2 Å². The Morgan fingerprint density at radius 1 is 1.47 bits per heavy atom. The molecule has 0 aliphatic carbocycles. The van der Waals surface area contributed by atoms with Crippen LogP contribution in [0.25, 0.3) is 0 Å². The minimum absolute atomic E-state index is 0.149. The molecule has 3 atom stereocenters. The van der Waals surface area contributed by atoms with Crippen molar-refractivity contribution in [3.8, 4) is 0 Å². The van der Waals surface area contributed by atoms with Gasteiger partial charge in [-0.1, -0.05) is 17.7 Å². The van der Waals surface area contributed by atoms with Crippen molar-refractivity contribution in [2.24, 2.45) is 5.73 Å². The largest absolute Gasteiger partial charge is 0.373 e. The smallest absolute Gasteiger partial charge is 0.141 e. The number of rotatable bonds is 2. The highest BCUT2D eigenvalue weighted by molar-refractivity contribution is 6.30. The number of nitrogens with two attached hydrogens (primary N) is 1. The quantitative estimate of drug-likeness (QED) is 0.882. The number of hydrogen-bond donors (Lipinski definition) is 1. The van der Waals surface area contributed by atoms with Crippen molar-refractivity contribution in [1.82, 2.24) is 0 Å². The third-order valence-electron chi connectivity index (χ3n) is 3.87. The first-order valence-corrected chi connectivity index (χ1v) is 6.33. The highest BCUT2D eigenvalue weighted by Gasteiger charge is 2.49. The molecule has 2 aliphatic rings. The first-order chi connectivity index (χ1) is 8.07. The third kappa shape index (κ3) is 1.96. The summed E-state index contributed by atoms with van der Waals surface area (Å²) in [5.74, 6) is -0.384. The number of ether oxygens (including phenoxy) is 1. The van der Waals surface area contributed by atoms with E-state index in [0.717, 1.165) is 24.8 Å².